The van der Waals surface area contributed by atoms with Gasteiger partial charge in [-0.3, -0.25) is 4.79 Å². The largest absolute Gasteiger partial charge is 0.352 e. The Morgan fingerprint density at radius 2 is 2.00 bits per heavy atom. The molecule has 0 saturated heterocycles. The summed E-state index contributed by atoms with van der Waals surface area (Å²) in [6.45, 7) is -0.129. The van der Waals surface area contributed by atoms with Crippen molar-refractivity contribution in [3.63, 3.8) is 0 Å². The van der Waals surface area contributed by atoms with Crippen LogP contribution < -0.4 is 5.32 Å². The number of nitrogens with zero attached hydrogens (tertiary/aromatic N) is 1. The van der Waals surface area contributed by atoms with E-state index in [2.05, 4.69) is 5.32 Å². The van der Waals surface area contributed by atoms with E-state index in [4.69, 9.17) is 0 Å². The molecule has 0 atom stereocenters. The molecule has 0 bridgehead atoms. The van der Waals surface area contributed by atoms with E-state index in [0.717, 1.165) is 42.0 Å². The third-order valence-corrected chi connectivity index (χ3v) is 5.89. The number of benzene rings is 1. The molecular formula is C15H20N2O3S. The normalized spacial score (nSPS) is 17.8. The van der Waals surface area contributed by atoms with Gasteiger partial charge in [-0.15, -0.1) is 0 Å². The Kier molecular flexibility index (Phi) is 3.75. The van der Waals surface area contributed by atoms with Crippen molar-refractivity contribution in [1.29, 1.82) is 0 Å². The van der Waals surface area contributed by atoms with Gasteiger partial charge in [-0.25, -0.2) is 8.42 Å². The van der Waals surface area contributed by atoms with Gasteiger partial charge in [0, 0.05) is 13.1 Å². The van der Waals surface area contributed by atoms with Crippen LogP contribution in [0.5, 0.6) is 0 Å². The number of likely N-dealkylation sites (N-methyl/N-ethyl adjacent to an activating group) is 1. The second-order valence-corrected chi connectivity index (χ2v) is 7.93. The van der Waals surface area contributed by atoms with Crippen LogP contribution in [-0.2, 0) is 27.7 Å². The van der Waals surface area contributed by atoms with E-state index in [-0.39, 0.29) is 23.4 Å². The zero-order valence-electron chi connectivity index (χ0n) is 12.1. The molecular weight excluding hydrogens is 288 g/mol. The van der Waals surface area contributed by atoms with Gasteiger partial charge in [0.2, 0.25) is 15.9 Å². The average Bonchev–Trinajstić information content (AvgIpc) is 3.12. The van der Waals surface area contributed by atoms with Crippen molar-refractivity contribution in [2.75, 3.05) is 13.6 Å². The first-order valence-corrected chi connectivity index (χ1v) is 8.78. The van der Waals surface area contributed by atoms with Gasteiger partial charge in [-0.05, 0) is 55.4 Å². The van der Waals surface area contributed by atoms with Crippen LogP contribution in [0.15, 0.2) is 23.1 Å². The Morgan fingerprint density at radius 1 is 1.29 bits per heavy atom. The summed E-state index contributed by atoms with van der Waals surface area (Å²) in [5, 5.41) is 2.80. The zero-order chi connectivity index (χ0) is 15.0. The Morgan fingerprint density at radius 3 is 2.71 bits per heavy atom. The fourth-order valence-corrected chi connectivity index (χ4v) is 3.86. The molecule has 1 amide bonds. The summed E-state index contributed by atoms with van der Waals surface area (Å²) in [4.78, 5) is 12.0. The van der Waals surface area contributed by atoms with E-state index in [1.54, 1.807) is 12.1 Å². The summed E-state index contributed by atoms with van der Waals surface area (Å²) in [5.74, 6) is -0.232. The van der Waals surface area contributed by atoms with Crippen molar-refractivity contribution in [1.82, 2.24) is 9.62 Å². The van der Waals surface area contributed by atoms with Crippen molar-refractivity contribution >= 4 is 15.9 Å². The lowest BCUT2D eigenvalue weighted by Gasteiger charge is -2.17. The van der Waals surface area contributed by atoms with E-state index < -0.39 is 10.0 Å². The van der Waals surface area contributed by atoms with Crippen LogP contribution >= 0.6 is 0 Å². The van der Waals surface area contributed by atoms with E-state index >= 15 is 0 Å². The minimum atomic E-state index is -3.60. The predicted molar refractivity (Wildman–Crippen MR) is 79.4 cm³/mol. The molecule has 0 aliphatic heterocycles. The van der Waals surface area contributed by atoms with Crippen LogP contribution in [0.1, 0.15) is 30.4 Å². The van der Waals surface area contributed by atoms with E-state index in [9.17, 15) is 13.2 Å². The van der Waals surface area contributed by atoms with Crippen LogP contribution in [0.25, 0.3) is 0 Å². The number of fused-ring (bicyclic) bond motifs is 1. The number of amides is 1. The van der Waals surface area contributed by atoms with E-state index in [1.165, 1.54) is 12.6 Å². The molecule has 1 N–H and O–H groups in total. The summed E-state index contributed by atoms with van der Waals surface area (Å²) in [7, 11) is -2.15. The van der Waals surface area contributed by atoms with Gasteiger partial charge in [-0.2, -0.15) is 4.31 Å². The van der Waals surface area contributed by atoms with Crippen molar-refractivity contribution < 1.29 is 13.2 Å². The van der Waals surface area contributed by atoms with Gasteiger partial charge in [0.1, 0.15) is 0 Å². The number of hydrogen-bond acceptors (Lipinski definition) is 3. The summed E-state index contributed by atoms with van der Waals surface area (Å²) in [5.41, 5.74) is 2.36. The SMILES string of the molecule is CN(CC(=O)NC1CC1)S(=O)(=O)c1ccc2c(c1)CCC2. The maximum atomic E-state index is 12.5. The molecule has 21 heavy (non-hydrogen) atoms. The molecule has 6 heteroatoms. The fraction of sp³-hybridized carbons (Fsp3) is 0.533. The van der Waals surface area contributed by atoms with E-state index in [1.807, 2.05) is 6.07 Å². The molecule has 0 aromatic heterocycles. The molecule has 1 saturated carbocycles. The summed E-state index contributed by atoms with van der Waals surface area (Å²) >= 11 is 0. The molecule has 0 spiro atoms. The Labute approximate surface area is 125 Å². The minimum Gasteiger partial charge on any atom is -0.352 e. The number of carbonyl (C=O) groups excluding carboxylic acids is 1. The topological polar surface area (TPSA) is 66.5 Å². The lowest BCUT2D eigenvalue weighted by molar-refractivity contribution is -0.121. The van der Waals surface area contributed by atoms with Gasteiger partial charge < -0.3 is 5.32 Å². The molecule has 2 aliphatic rings. The lowest BCUT2D eigenvalue weighted by atomic mass is 10.1. The third-order valence-electron chi connectivity index (χ3n) is 4.09. The quantitative estimate of drug-likeness (QED) is 0.885. The van der Waals surface area contributed by atoms with Gasteiger partial charge in [0.25, 0.3) is 0 Å². The Hall–Kier alpha value is -1.40. The Balaban J connectivity index is 1.74. The van der Waals surface area contributed by atoms with Gasteiger partial charge in [-0.1, -0.05) is 6.07 Å². The fourth-order valence-electron chi connectivity index (χ4n) is 2.68. The van der Waals surface area contributed by atoms with Crippen molar-refractivity contribution in [2.24, 2.45) is 0 Å². The summed E-state index contributed by atoms with van der Waals surface area (Å²) < 4.78 is 26.2. The number of hydrogen-bond donors (Lipinski definition) is 1. The standard InChI is InChI=1S/C15H20N2O3S/c1-17(10-15(18)16-13-6-7-13)21(19,20)14-8-5-11-3-2-4-12(11)9-14/h5,8-9,13H,2-4,6-7,10H2,1H3,(H,16,18). The average molecular weight is 308 g/mol. The number of sulfonamides is 1. The van der Waals surface area contributed by atoms with Gasteiger partial charge >= 0.3 is 0 Å². The second kappa shape index (κ2) is 5.42. The van der Waals surface area contributed by atoms with Crippen LogP contribution in [-0.4, -0.2) is 38.3 Å². The predicted octanol–water partition coefficient (Wildman–Crippen LogP) is 1.07. The highest BCUT2D eigenvalue weighted by Gasteiger charge is 2.27. The maximum absolute atomic E-state index is 12.5. The number of carbonyl (C=O) groups is 1. The van der Waals surface area contributed by atoms with Crippen LogP contribution in [0.3, 0.4) is 0 Å². The highest BCUT2D eigenvalue weighted by Crippen LogP contribution is 2.26. The maximum Gasteiger partial charge on any atom is 0.243 e. The molecule has 2 aliphatic carbocycles. The minimum absolute atomic E-state index is 0.129. The number of nitrogens with one attached hydrogen (secondary N) is 1. The Bertz CT molecular complexity index is 665. The molecule has 1 fully saturated rings. The van der Waals surface area contributed by atoms with Crippen LogP contribution in [0, 0.1) is 0 Å². The van der Waals surface area contributed by atoms with E-state index in [0.29, 0.717) is 0 Å². The molecule has 5 nitrogen and oxygen atoms in total. The molecule has 1 aromatic carbocycles. The lowest BCUT2D eigenvalue weighted by Crippen LogP contribution is -2.39. The van der Waals surface area contributed by atoms with Gasteiger partial charge in [0.15, 0.2) is 0 Å². The molecule has 0 heterocycles. The molecule has 0 radical (unpaired) electrons. The second-order valence-electron chi connectivity index (χ2n) is 5.89. The first-order chi connectivity index (χ1) is 9.96. The highest BCUT2D eigenvalue weighted by atomic mass is 32.2. The smallest absolute Gasteiger partial charge is 0.243 e. The van der Waals surface area contributed by atoms with Crippen LogP contribution in [0.4, 0.5) is 0 Å². The first kappa shape index (κ1) is 14.5. The molecule has 3 rings (SSSR count). The highest BCUT2D eigenvalue weighted by molar-refractivity contribution is 7.89. The molecule has 0 unspecified atom stereocenters. The summed E-state index contributed by atoms with van der Waals surface area (Å²) in [6.07, 6.45) is 5.03. The third kappa shape index (κ3) is 3.11. The molecule has 1 aromatic rings. The first-order valence-electron chi connectivity index (χ1n) is 7.34. The molecule has 114 valence electrons. The van der Waals surface area contributed by atoms with Crippen molar-refractivity contribution in [2.45, 2.75) is 43.0 Å². The van der Waals surface area contributed by atoms with Gasteiger partial charge in [0.05, 0.1) is 11.4 Å². The number of rotatable bonds is 5. The zero-order valence-corrected chi connectivity index (χ0v) is 12.9. The van der Waals surface area contributed by atoms with Crippen LogP contribution in [0.2, 0.25) is 0 Å². The monoisotopic (exact) mass is 308 g/mol. The summed E-state index contributed by atoms with van der Waals surface area (Å²) in [6, 6.07) is 5.54. The number of aryl methyl sites for hydroxylation is 2. The van der Waals surface area contributed by atoms with Crippen molar-refractivity contribution in [3.05, 3.63) is 29.3 Å². The van der Waals surface area contributed by atoms with Crippen molar-refractivity contribution in [3.8, 4) is 0 Å².